The van der Waals surface area contributed by atoms with E-state index in [1.54, 1.807) is 12.1 Å². The van der Waals surface area contributed by atoms with Gasteiger partial charge in [0.15, 0.2) is 0 Å². The summed E-state index contributed by atoms with van der Waals surface area (Å²) in [5, 5.41) is 5.27. The van der Waals surface area contributed by atoms with E-state index in [0.29, 0.717) is 18.2 Å². The smallest absolute Gasteiger partial charge is 0.308 e. The lowest BCUT2D eigenvalue weighted by Crippen LogP contribution is -2.26. The van der Waals surface area contributed by atoms with Gasteiger partial charge in [0.05, 0.1) is 6.61 Å². The highest BCUT2D eigenvalue weighted by Crippen LogP contribution is 2.58. The molecule has 0 aliphatic rings. The predicted molar refractivity (Wildman–Crippen MR) is 99.3 cm³/mol. The molecule has 0 saturated carbocycles. The number of rotatable bonds is 9. The Morgan fingerprint density at radius 3 is 2.52 bits per heavy atom. The average molecular weight is 379 g/mol. The van der Waals surface area contributed by atoms with Crippen LogP contribution >= 0.6 is 29.7 Å². The van der Waals surface area contributed by atoms with E-state index in [0.717, 1.165) is 18.4 Å². The summed E-state index contributed by atoms with van der Waals surface area (Å²) >= 11 is 6.90. The Bertz CT molecular complexity index is 542. The second kappa shape index (κ2) is 10.2. The van der Waals surface area contributed by atoms with Gasteiger partial charge in [0.2, 0.25) is 0 Å². The molecular weight excluding hydrogens is 355 g/mol. The molecular formula is C15H24ClN2O3PS. The summed E-state index contributed by atoms with van der Waals surface area (Å²) in [6.07, 6.45) is 1.57. The zero-order chi connectivity index (χ0) is 17.3. The van der Waals surface area contributed by atoms with Crippen molar-refractivity contribution in [1.82, 2.24) is 5.09 Å². The average Bonchev–Trinajstić information content (AvgIpc) is 2.53. The fourth-order valence-electron chi connectivity index (χ4n) is 1.57. The first-order valence-electron chi connectivity index (χ1n) is 7.59. The van der Waals surface area contributed by atoms with Crippen molar-refractivity contribution < 1.29 is 13.9 Å². The van der Waals surface area contributed by atoms with Gasteiger partial charge in [-0.1, -0.05) is 32.9 Å². The van der Waals surface area contributed by atoms with Crippen LogP contribution in [0.1, 0.15) is 39.2 Å². The third-order valence-corrected chi connectivity index (χ3v) is 7.74. The summed E-state index contributed by atoms with van der Waals surface area (Å²) in [7, 11) is 0. The summed E-state index contributed by atoms with van der Waals surface area (Å²) in [5.41, 5.74) is 1.56. The number of urea groups is 1. The van der Waals surface area contributed by atoms with Gasteiger partial charge in [-0.05, 0) is 41.9 Å². The molecule has 1 rings (SSSR count). The van der Waals surface area contributed by atoms with Crippen molar-refractivity contribution in [3.05, 3.63) is 29.8 Å². The van der Waals surface area contributed by atoms with Gasteiger partial charge in [-0.3, -0.25) is 9.65 Å². The minimum atomic E-state index is -3.28. The highest BCUT2D eigenvalue weighted by molar-refractivity contribution is 8.56. The first-order chi connectivity index (χ1) is 10.9. The Labute approximate surface area is 147 Å². The number of carbonyl (C=O) groups is 1. The molecule has 2 atom stereocenters. The van der Waals surface area contributed by atoms with Crippen molar-refractivity contribution in [1.29, 1.82) is 0 Å². The van der Waals surface area contributed by atoms with Crippen LogP contribution in [0.15, 0.2) is 24.3 Å². The van der Waals surface area contributed by atoms with Gasteiger partial charge in [-0.2, -0.15) is 0 Å². The molecule has 0 fully saturated rings. The number of anilines is 1. The predicted octanol–water partition coefficient (Wildman–Crippen LogP) is 5.61. The van der Waals surface area contributed by atoms with Crippen molar-refractivity contribution in [3.8, 4) is 0 Å². The van der Waals surface area contributed by atoms with Crippen LogP contribution < -0.4 is 10.4 Å². The molecule has 0 aliphatic heterocycles. The van der Waals surface area contributed by atoms with Crippen molar-refractivity contribution in [2.24, 2.45) is 0 Å². The van der Waals surface area contributed by atoms with E-state index in [-0.39, 0.29) is 5.25 Å². The normalized spacial score (nSPS) is 14.8. The number of carbonyl (C=O) groups excluding carboxylic acids is 1. The lowest BCUT2D eigenvalue weighted by atomic mass is 10.2. The summed E-state index contributed by atoms with van der Waals surface area (Å²) < 4.78 is 18.2. The van der Waals surface area contributed by atoms with E-state index in [2.05, 4.69) is 10.4 Å². The Kier molecular flexibility index (Phi) is 9.07. The Morgan fingerprint density at radius 2 is 2.00 bits per heavy atom. The van der Waals surface area contributed by atoms with Crippen LogP contribution in [0.5, 0.6) is 0 Å². The minimum Gasteiger partial charge on any atom is -0.308 e. The maximum Gasteiger partial charge on any atom is 0.354 e. The van der Waals surface area contributed by atoms with E-state index in [4.69, 9.17) is 16.1 Å². The van der Waals surface area contributed by atoms with E-state index < -0.39 is 12.8 Å². The lowest BCUT2D eigenvalue weighted by Gasteiger charge is -2.21. The molecule has 8 heteroatoms. The molecule has 1 aromatic carbocycles. The Balaban J connectivity index is 2.69. The second-order valence-electron chi connectivity index (χ2n) is 5.05. The molecule has 130 valence electrons. The molecule has 0 bridgehead atoms. The van der Waals surface area contributed by atoms with Crippen LogP contribution in [-0.2, 0) is 15.0 Å². The second-order valence-corrected chi connectivity index (χ2v) is 9.89. The topological polar surface area (TPSA) is 67.4 Å². The van der Waals surface area contributed by atoms with Crippen LogP contribution in [-0.4, -0.2) is 17.9 Å². The summed E-state index contributed by atoms with van der Waals surface area (Å²) in [4.78, 5) is 12.1. The molecule has 5 nitrogen and oxygen atoms in total. The molecule has 0 saturated heterocycles. The largest absolute Gasteiger partial charge is 0.354 e. The van der Waals surface area contributed by atoms with Crippen LogP contribution in [0.4, 0.5) is 10.5 Å². The van der Waals surface area contributed by atoms with Gasteiger partial charge in [-0.15, -0.1) is 11.6 Å². The van der Waals surface area contributed by atoms with Crippen LogP contribution in [0.25, 0.3) is 0 Å². The number of benzene rings is 1. The number of hydrogen-bond acceptors (Lipinski definition) is 4. The molecule has 0 spiro atoms. The van der Waals surface area contributed by atoms with Crippen LogP contribution in [0.2, 0.25) is 0 Å². The molecule has 0 aliphatic carbocycles. The number of hydrogen-bond donors (Lipinski definition) is 2. The van der Waals surface area contributed by atoms with E-state index in [1.807, 2.05) is 32.9 Å². The van der Waals surface area contributed by atoms with Crippen LogP contribution in [0.3, 0.4) is 0 Å². The van der Waals surface area contributed by atoms with Crippen LogP contribution in [0, 0.1) is 0 Å². The van der Waals surface area contributed by atoms with Gasteiger partial charge in [0.25, 0.3) is 0 Å². The zero-order valence-electron chi connectivity index (χ0n) is 13.7. The molecule has 0 radical (unpaired) electrons. The number of amides is 2. The quantitative estimate of drug-likeness (QED) is 0.432. The van der Waals surface area contributed by atoms with Crippen molar-refractivity contribution in [3.63, 3.8) is 0 Å². The highest BCUT2D eigenvalue weighted by atomic mass is 35.5. The first kappa shape index (κ1) is 20.4. The van der Waals surface area contributed by atoms with Gasteiger partial charge in [0, 0.05) is 16.8 Å². The minimum absolute atomic E-state index is 0.126. The maximum atomic E-state index is 12.8. The van der Waals surface area contributed by atoms with Gasteiger partial charge < -0.3 is 9.84 Å². The fraction of sp³-hybridized carbons (Fsp3) is 0.533. The van der Waals surface area contributed by atoms with Gasteiger partial charge in [0.1, 0.15) is 0 Å². The highest BCUT2D eigenvalue weighted by Gasteiger charge is 2.29. The van der Waals surface area contributed by atoms with E-state index in [9.17, 15) is 9.36 Å². The van der Waals surface area contributed by atoms with Crippen molar-refractivity contribution in [2.75, 3.05) is 11.9 Å². The third kappa shape index (κ3) is 7.62. The van der Waals surface area contributed by atoms with Gasteiger partial charge >= 0.3 is 12.8 Å². The number of alkyl halides is 1. The lowest BCUT2D eigenvalue weighted by molar-refractivity contribution is 0.253. The third-order valence-electron chi connectivity index (χ3n) is 2.96. The summed E-state index contributed by atoms with van der Waals surface area (Å²) in [6, 6.07) is 6.60. The molecule has 2 unspecified atom stereocenters. The number of nitrogens with one attached hydrogen (secondary N) is 2. The molecule has 23 heavy (non-hydrogen) atoms. The molecule has 2 N–H and O–H groups in total. The summed E-state index contributed by atoms with van der Waals surface area (Å²) in [5.74, 6) is 0.415. The zero-order valence-corrected chi connectivity index (χ0v) is 16.1. The SMILES string of the molecule is CCCOP(=O)(NC(=O)Nc1ccc(CCl)cc1)SC(C)CC. The first-order valence-corrected chi connectivity index (χ1v) is 11.2. The maximum absolute atomic E-state index is 12.8. The number of halogens is 1. The standard InChI is InChI=1S/C15H24ClN2O3PS/c1-4-10-21-22(20,23-12(3)5-2)18-15(19)17-14-8-6-13(11-16)7-9-14/h6-9,12H,4-5,10-11H2,1-3H3,(H2,17,18,19,20). The molecule has 2 amide bonds. The van der Waals surface area contributed by atoms with E-state index >= 15 is 0 Å². The van der Waals surface area contributed by atoms with Crippen molar-refractivity contribution in [2.45, 2.75) is 44.7 Å². The monoisotopic (exact) mass is 378 g/mol. The van der Waals surface area contributed by atoms with Gasteiger partial charge in [-0.25, -0.2) is 4.79 Å². The van der Waals surface area contributed by atoms with E-state index in [1.165, 1.54) is 11.4 Å². The fourth-order valence-corrected chi connectivity index (χ4v) is 5.96. The van der Waals surface area contributed by atoms with Crippen molar-refractivity contribution >= 4 is 41.4 Å². The molecule has 0 aromatic heterocycles. The Hall–Kier alpha value is -0.680. The Morgan fingerprint density at radius 1 is 1.35 bits per heavy atom. The summed E-state index contributed by atoms with van der Waals surface area (Å²) in [6.45, 7) is 2.94. The molecule has 0 heterocycles. The molecule has 1 aromatic rings.